The number of nitrogen functional groups attached to an aromatic ring is 1. The van der Waals surface area contributed by atoms with Crippen molar-refractivity contribution in [2.75, 3.05) is 19.0 Å². The minimum absolute atomic E-state index is 0.0775. The predicted molar refractivity (Wildman–Crippen MR) is 83.3 cm³/mol. The first-order valence-corrected chi connectivity index (χ1v) is 6.44. The Morgan fingerprint density at radius 1 is 1.20 bits per heavy atom. The number of halogens is 1. The van der Waals surface area contributed by atoms with Gasteiger partial charge < -0.3 is 15.4 Å². The highest BCUT2D eigenvalue weighted by Crippen LogP contribution is 2.29. The fraction of sp³-hybridized carbons (Fsp3) is 0.133. The van der Waals surface area contributed by atoms with Gasteiger partial charge in [0.25, 0.3) is 0 Å². The molecule has 5 heteroatoms. The van der Waals surface area contributed by atoms with Gasteiger partial charge in [-0.2, -0.15) is 0 Å². The molecule has 0 amide bonds. The highest BCUT2D eigenvalue weighted by molar-refractivity contribution is 6.31. The summed E-state index contributed by atoms with van der Waals surface area (Å²) in [6.45, 7) is 0. The predicted octanol–water partition coefficient (Wildman–Crippen LogP) is 3.48. The summed E-state index contributed by atoms with van der Waals surface area (Å²) in [5.41, 5.74) is 7.06. The molecule has 3 N–H and O–H groups in total. The molecule has 0 unspecified atom stereocenters. The molecule has 0 aromatic heterocycles. The largest absolute Gasteiger partial charge is 0.457 e. The van der Waals surface area contributed by atoms with Crippen molar-refractivity contribution in [3.63, 3.8) is 0 Å². The summed E-state index contributed by atoms with van der Waals surface area (Å²) in [6.07, 6.45) is 0. The summed E-state index contributed by atoms with van der Waals surface area (Å²) in [5.74, 6) is 1.12. The number of nitrogens with two attached hydrogens (primary N) is 1. The highest BCUT2D eigenvalue weighted by Gasteiger charge is 2.09. The van der Waals surface area contributed by atoms with Gasteiger partial charge in [0, 0.05) is 30.9 Å². The molecule has 0 aliphatic heterocycles. The van der Waals surface area contributed by atoms with Crippen molar-refractivity contribution < 1.29 is 4.74 Å². The number of amidine groups is 1. The third kappa shape index (κ3) is 3.22. The van der Waals surface area contributed by atoms with Crippen LogP contribution >= 0.6 is 11.6 Å². The molecule has 0 radical (unpaired) electrons. The number of nitrogens with one attached hydrogen (secondary N) is 1. The molecule has 0 fully saturated rings. The zero-order valence-electron chi connectivity index (χ0n) is 11.4. The van der Waals surface area contributed by atoms with Crippen LogP contribution in [0.2, 0.25) is 5.02 Å². The number of hydrogen-bond acceptors (Lipinski definition) is 3. The zero-order chi connectivity index (χ0) is 14.7. The molecule has 0 atom stereocenters. The van der Waals surface area contributed by atoms with E-state index >= 15 is 0 Å². The summed E-state index contributed by atoms with van der Waals surface area (Å²) < 4.78 is 5.81. The monoisotopic (exact) mass is 289 g/mol. The van der Waals surface area contributed by atoms with Crippen LogP contribution in [0.1, 0.15) is 5.56 Å². The number of hydrogen-bond donors (Lipinski definition) is 2. The molecule has 2 rings (SSSR count). The molecular weight excluding hydrogens is 274 g/mol. The Kier molecular flexibility index (Phi) is 4.15. The Hall–Kier alpha value is -2.20. The number of rotatable bonds is 4. The standard InChI is InChI=1S/C15H16ClN3O/c1-19(2)11-4-3-5-12(9-11)20-14-7-6-10(16)8-13(14)15(17)18/h3-9H,1-2H3,(H3,17,18). The molecule has 2 aromatic rings. The van der Waals surface area contributed by atoms with Gasteiger partial charge in [-0.3, -0.25) is 5.41 Å². The van der Waals surface area contributed by atoms with E-state index < -0.39 is 0 Å². The van der Waals surface area contributed by atoms with Crippen molar-refractivity contribution in [2.45, 2.75) is 0 Å². The van der Waals surface area contributed by atoms with Crippen molar-refractivity contribution in [1.29, 1.82) is 5.41 Å². The summed E-state index contributed by atoms with van der Waals surface area (Å²) in [5, 5.41) is 8.10. The first kappa shape index (κ1) is 14.2. The van der Waals surface area contributed by atoms with Crippen LogP contribution in [-0.2, 0) is 0 Å². The first-order valence-electron chi connectivity index (χ1n) is 6.06. The number of anilines is 1. The van der Waals surface area contributed by atoms with Gasteiger partial charge in [0.2, 0.25) is 0 Å². The fourth-order valence-corrected chi connectivity index (χ4v) is 1.93. The molecule has 4 nitrogen and oxygen atoms in total. The second kappa shape index (κ2) is 5.84. The van der Waals surface area contributed by atoms with Gasteiger partial charge in [0.1, 0.15) is 17.3 Å². The van der Waals surface area contributed by atoms with Gasteiger partial charge in [-0.1, -0.05) is 17.7 Å². The lowest BCUT2D eigenvalue weighted by atomic mass is 10.2. The van der Waals surface area contributed by atoms with Crippen LogP contribution in [0.25, 0.3) is 0 Å². The Balaban J connectivity index is 2.35. The molecule has 0 saturated heterocycles. The van der Waals surface area contributed by atoms with Gasteiger partial charge in [0.05, 0.1) is 5.56 Å². The highest BCUT2D eigenvalue weighted by atomic mass is 35.5. The van der Waals surface area contributed by atoms with Gasteiger partial charge in [-0.25, -0.2) is 0 Å². The van der Waals surface area contributed by atoms with E-state index in [1.54, 1.807) is 18.2 Å². The van der Waals surface area contributed by atoms with Crippen LogP contribution in [0.5, 0.6) is 11.5 Å². The molecular formula is C15H16ClN3O. The van der Waals surface area contributed by atoms with E-state index in [0.29, 0.717) is 22.1 Å². The average molecular weight is 290 g/mol. The summed E-state index contributed by atoms with van der Waals surface area (Å²) in [6, 6.07) is 12.7. The first-order chi connectivity index (χ1) is 9.47. The third-order valence-electron chi connectivity index (χ3n) is 2.79. The average Bonchev–Trinajstić information content (AvgIpc) is 2.41. The minimum Gasteiger partial charge on any atom is -0.457 e. The molecule has 0 aliphatic rings. The Morgan fingerprint density at radius 3 is 2.60 bits per heavy atom. The van der Waals surface area contributed by atoms with E-state index in [2.05, 4.69) is 0 Å². The lowest BCUT2D eigenvalue weighted by Gasteiger charge is -2.15. The van der Waals surface area contributed by atoms with Crippen LogP contribution in [0.4, 0.5) is 5.69 Å². The smallest absolute Gasteiger partial charge is 0.138 e. The molecule has 104 valence electrons. The topological polar surface area (TPSA) is 62.3 Å². The summed E-state index contributed by atoms with van der Waals surface area (Å²) >= 11 is 5.92. The van der Waals surface area contributed by atoms with Crippen molar-refractivity contribution in [3.8, 4) is 11.5 Å². The second-order valence-corrected chi connectivity index (χ2v) is 4.98. The molecule has 0 bridgehead atoms. The summed E-state index contributed by atoms with van der Waals surface area (Å²) in [4.78, 5) is 1.99. The quantitative estimate of drug-likeness (QED) is 0.669. The van der Waals surface area contributed by atoms with E-state index in [4.69, 9.17) is 27.5 Å². The summed E-state index contributed by atoms with van der Waals surface area (Å²) in [7, 11) is 3.92. The van der Waals surface area contributed by atoms with Crippen molar-refractivity contribution in [1.82, 2.24) is 0 Å². The molecule has 0 heterocycles. The maximum absolute atomic E-state index is 7.58. The van der Waals surface area contributed by atoms with Crippen LogP contribution < -0.4 is 15.4 Å². The van der Waals surface area contributed by atoms with E-state index in [9.17, 15) is 0 Å². The van der Waals surface area contributed by atoms with Gasteiger partial charge in [-0.15, -0.1) is 0 Å². The Labute approximate surface area is 123 Å². The Morgan fingerprint density at radius 2 is 1.95 bits per heavy atom. The van der Waals surface area contributed by atoms with Gasteiger partial charge in [-0.05, 0) is 30.3 Å². The zero-order valence-corrected chi connectivity index (χ0v) is 12.1. The SMILES string of the molecule is CN(C)c1cccc(Oc2ccc(Cl)cc2C(=N)N)c1. The molecule has 0 aliphatic carbocycles. The van der Waals surface area contributed by atoms with E-state index in [1.165, 1.54) is 0 Å². The maximum atomic E-state index is 7.58. The van der Waals surface area contributed by atoms with Crippen LogP contribution in [0, 0.1) is 5.41 Å². The molecule has 0 spiro atoms. The minimum atomic E-state index is -0.0775. The molecule has 2 aromatic carbocycles. The van der Waals surface area contributed by atoms with E-state index in [-0.39, 0.29) is 5.84 Å². The third-order valence-corrected chi connectivity index (χ3v) is 3.03. The van der Waals surface area contributed by atoms with Crippen molar-refractivity contribution in [3.05, 3.63) is 53.1 Å². The fourth-order valence-electron chi connectivity index (χ4n) is 1.75. The van der Waals surface area contributed by atoms with Crippen molar-refractivity contribution >= 4 is 23.1 Å². The molecule has 20 heavy (non-hydrogen) atoms. The van der Waals surface area contributed by atoms with Crippen LogP contribution in [-0.4, -0.2) is 19.9 Å². The maximum Gasteiger partial charge on any atom is 0.138 e. The lowest BCUT2D eigenvalue weighted by molar-refractivity contribution is 0.481. The second-order valence-electron chi connectivity index (χ2n) is 4.55. The number of ether oxygens (including phenoxy) is 1. The number of nitrogens with zero attached hydrogens (tertiary/aromatic N) is 1. The van der Waals surface area contributed by atoms with Gasteiger partial charge >= 0.3 is 0 Å². The molecule has 0 saturated carbocycles. The number of benzene rings is 2. The van der Waals surface area contributed by atoms with Crippen LogP contribution in [0.3, 0.4) is 0 Å². The van der Waals surface area contributed by atoms with Crippen LogP contribution in [0.15, 0.2) is 42.5 Å². The lowest BCUT2D eigenvalue weighted by Crippen LogP contribution is -2.12. The normalized spacial score (nSPS) is 10.2. The Bertz CT molecular complexity index is 641. The van der Waals surface area contributed by atoms with E-state index in [1.807, 2.05) is 43.3 Å². The van der Waals surface area contributed by atoms with Crippen molar-refractivity contribution in [2.24, 2.45) is 5.73 Å². The van der Waals surface area contributed by atoms with Gasteiger partial charge in [0.15, 0.2) is 0 Å². The van der Waals surface area contributed by atoms with E-state index in [0.717, 1.165) is 5.69 Å².